The predicted molar refractivity (Wildman–Crippen MR) is 81.4 cm³/mol. The maximum Gasteiger partial charge on any atom is 0.270 e. The minimum Gasteiger partial charge on any atom is -0.369 e. The Morgan fingerprint density at radius 2 is 2.14 bits per heavy atom. The molecule has 112 valence electrons. The van der Waals surface area contributed by atoms with E-state index in [0.717, 1.165) is 51.3 Å². The summed E-state index contributed by atoms with van der Waals surface area (Å²) in [5, 5.41) is 20.1. The monoisotopic (exact) mass is 288 g/mol. The van der Waals surface area contributed by atoms with E-state index >= 15 is 0 Å². The fourth-order valence-electron chi connectivity index (χ4n) is 2.75. The van der Waals surface area contributed by atoms with Crippen LogP contribution in [-0.2, 0) is 0 Å². The van der Waals surface area contributed by atoms with Crippen molar-refractivity contribution in [3.8, 4) is 6.07 Å². The molecule has 0 atom stereocenters. The SMILES string of the molecule is CCCN1CCCN(c2ccc([N+](=O)[O-])cc2C#N)CC1. The highest BCUT2D eigenvalue weighted by molar-refractivity contribution is 5.63. The lowest BCUT2D eigenvalue weighted by Crippen LogP contribution is -2.31. The third kappa shape index (κ3) is 3.70. The number of hydrogen-bond acceptors (Lipinski definition) is 5. The Labute approximate surface area is 124 Å². The van der Waals surface area contributed by atoms with Crippen LogP contribution >= 0.6 is 0 Å². The van der Waals surface area contributed by atoms with Crippen LogP contribution in [0.2, 0.25) is 0 Å². The Morgan fingerprint density at radius 1 is 1.33 bits per heavy atom. The largest absolute Gasteiger partial charge is 0.369 e. The Balaban J connectivity index is 2.18. The van der Waals surface area contributed by atoms with Crippen molar-refractivity contribution in [1.29, 1.82) is 5.26 Å². The minimum atomic E-state index is -0.462. The first-order chi connectivity index (χ1) is 10.2. The highest BCUT2D eigenvalue weighted by atomic mass is 16.6. The Hall–Kier alpha value is -2.13. The lowest BCUT2D eigenvalue weighted by molar-refractivity contribution is -0.384. The Kier molecular flexibility index (Phi) is 5.12. The van der Waals surface area contributed by atoms with Crippen molar-refractivity contribution in [3.05, 3.63) is 33.9 Å². The molecule has 1 aromatic rings. The van der Waals surface area contributed by atoms with Crippen LogP contribution in [0.5, 0.6) is 0 Å². The van der Waals surface area contributed by atoms with E-state index in [1.54, 1.807) is 6.07 Å². The Bertz CT molecular complexity index is 553. The molecule has 6 heteroatoms. The normalized spacial score (nSPS) is 16.3. The van der Waals surface area contributed by atoms with Crippen LogP contribution in [0.3, 0.4) is 0 Å². The molecule has 0 saturated carbocycles. The van der Waals surface area contributed by atoms with Crippen molar-refractivity contribution in [2.24, 2.45) is 0 Å². The van der Waals surface area contributed by atoms with Crippen LogP contribution in [0.15, 0.2) is 18.2 Å². The van der Waals surface area contributed by atoms with Crippen molar-refractivity contribution in [1.82, 2.24) is 4.90 Å². The zero-order valence-corrected chi connectivity index (χ0v) is 12.3. The maximum atomic E-state index is 10.8. The molecule has 2 rings (SSSR count). The highest BCUT2D eigenvalue weighted by Crippen LogP contribution is 2.25. The van der Waals surface area contributed by atoms with Crippen LogP contribution in [-0.4, -0.2) is 42.5 Å². The van der Waals surface area contributed by atoms with Crippen LogP contribution < -0.4 is 4.90 Å². The Morgan fingerprint density at radius 3 is 2.81 bits per heavy atom. The second-order valence-corrected chi connectivity index (χ2v) is 5.25. The fraction of sp³-hybridized carbons (Fsp3) is 0.533. The van der Waals surface area contributed by atoms with Crippen LogP contribution in [0.4, 0.5) is 11.4 Å². The second-order valence-electron chi connectivity index (χ2n) is 5.25. The number of hydrogen-bond donors (Lipinski definition) is 0. The average molecular weight is 288 g/mol. The lowest BCUT2D eigenvalue weighted by Gasteiger charge is -2.24. The van der Waals surface area contributed by atoms with Crippen LogP contribution in [0.1, 0.15) is 25.3 Å². The number of benzene rings is 1. The molecule has 6 nitrogen and oxygen atoms in total. The standard InChI is InChI=1S/C15H20N4O2/c1-2-6-17-7-3-8-18(10-9-17)15-5-4-14(19(20)21)11-13(15)12-16/h4-5,11H,2-3,6-10H2,1H3. The molecule has 0 aromatic heterocycles. The molecule has 0 bridgehead atoms. The first-order valence-electron chi connectivity index (χ1n) is 7.31. The van der Waals surface area contributed by atoms with Crippen molar-refractivity contribution in [2.75, 3.05) is 37.6 Å². The number of nitro groups is 1. The van der Waals surface area contributed by atoms with Crippen LogP contribution in [0, 0.1) is 21.4 Å². The molecule has 21 heavy (non-hydrogen) atoms. The molecule has 0 aliphatic carbocycles. The van der Waals surface area contributed by atoms with E-state index in [0.29, 0.717) is 5.56 Å². The zero-order chi connectivity index (χ0) is 15.2. The summed E-state index contributed by atoms with van der Waals surface area (Å²) in [5.41, 5.74) is 1.16. The van der Waals surface area contributed by atoms with Gasteiger partial charge in [-0.25, -0.2) is 0 Å². The molecular weight excluding hydrogens is 268 g/mol. The van der Waals surface area contributed by atoms with Gasteiger partial charge >= 0.3 is 0 Å². The second kappa shape index (κ2) is 7.04. The fourth-order valence-corrected chi connectivity index (χ4v) is 2.75. The van der Waals surface area contributed by atoms with Gasteiger partial charge in [0.1, 0.15) is 6.07 Å². The van der Waals surface area contributed by atoms with E-state index in [4.69, 9.17) is 0 Å². The smallest absolute Gasteiger partial charge is 0.270 e. The molecule has 1 aliphatic heterocycles. The summed E-state index contributed by atoms with van der Waals surface area (Å²) in [7, 11) is 0. The molecular formula is C15H20N4O2. The van der Waals surface area contributed by atoms with Crippen molar-refractivity contribution in [3.63, 3.8) is 0 Å². The van der Waals surface area contributed by atoms with Gasteiger partial charge in [-0.05, 0) is 32.0 Å². The summed E-state index contributed by atoms with van der Waals surface area (Å²) in [6.45, 7) is 7.04. The van der Waals surface area contributed by atoms with Gasteiger partial charge in [-0.1, -0.05) is 6.92 Å². The molecule has 0 amide bonds. The quantitative estimate of drug-likeness (QED) is 0.628. The molecule has 1 saturated heterocycles. The zero-order valence-electron chi connectivity index (χ0n) is 12.3. The molecule has 0 spiro atoms. The third-order valence-corrected chi connectivity index (χ3v) is 3.78. The van der Waals surface area contributed by atoms with Gasteiger partial charge in [0, 0.05) is 31.8 Å². The van der Waals surface area contributed by atoms with E-state index in [1.165, 1.54) is 12.1 Å². The van der Waals surface area contributed by atoms with Gasteiger partial charge in [0.2, 0.25) is 0 Å². The van der Waals surface area contributed by atoms with E-state index in [2.05, 4.69) is 22.8 Å². The molecule has 1 heterocycles. The molecule has 1 aliphatic rings. The van der Waals surface area contributed by atoms with Crippen molar-refractivity contribution < 1.29 is 4.92 Å². The summed E-state index contributed by atoms with van der Waals surface area (Å²) in [4.78, 5) is 14.9. The van der Waals surface area contributed by atoms with Crippen LogP contribution in [0.25, 0.3) is 0 Å². The first kappa shape index (κ1) is 15.3. The topological polar surface area (TPSA) is 73.4 Å². The van der Waals surface area contributed by atoms with Crippen molar-refractivity contribution >= 4 is 11.4 Å². The summed E-state index contributed by atoms with van der Waals surface area (Å²) in [5.74, 6) is 0. The summed E-state index contributed by atoms with van der Waals surface area (Å²) < 4.78 is 0. The third-order valence-electron chi connectivity index (χ3n) is 3.78. The molecule has 0 N–H and O–H groups in total. The molecule has 0 radical (unpaired) electrons. The van der Waals surface area contributed by atoms with E-state index in [9.17, 15) is 15.4 Å². The van der Waals surface area contributed by atoms with Gasteiger partial charge in [-0.2, -0.15) is 5.26 Å². The number of nitrogens with zero attached hydrogens (tertiary/aromatic N) is 4. The lowest BCUT2D eigenvalue weighted by atomic mass is 10.1. The van der Waals surface area contributed by atoms with Gasteiger partial charge in [0.05, 0.1) is 16.2 Å². The minimum absolute atomic E-state index is 0.0299. The summed E-state index contributed by atoms with van der Waals surface area (Å²) >= 11 is 0. The molecule has 0 unspecified atom stereocenters. The van der Waals surface area contributed by atoms with Gasteiger partial charge in [-0.3, -0.25) is 10.1 Å². The van der Waals surface area contributed by atoms with Gasteiger partial charge in [-0.15, -0.1) is 0 Å². The molecule has 1 fully saturated rings. The molecule has 1 aromatic carbocycles. The summed E-state index contributed by atoms with van der Waals surface area (Å²) in [6.07, 6.45) is 2.18. The number of nitro benzene ring substituents is 1. The van der Waals surface area contributed by atoms with Gasteiger partial charge in [0.15, 0.2) is 0 Å². The number of non-ortho nitro benzene ring substituents is 1. The predicted octanol–water partition coefficient (Wildman–Crippen LogP) is 2.39. The number of anilines is 1. The first-order valence-corrected chi connectivity index (χ1v) is 7.31. The van der Waals surface area contributed by atoms with E-state index < -0.39 is 4.92 Å². The highest BCUT2D eigenvalue weighted by Gasteiger charge is 2.19. The number of nitriles is 1. The van der Waals surface area contributed by atoms with E-state index in [-0.39, 0.29) is 5.69 Å². The maximum absolute atomic E-state index is 10.8. The summed E-state index contributed by atoms with van der Waals surface area (Å²) in [6, 6.07) is 6.63. The van der Waals surface area contributed by atoms with Gasteiger partial charge < -0.3 is 9.80 Å². The number of rotatable bonds is 4. The van der Waals surface area contributed by atoms with Gasteiger partial charge in [0.25, 0.3) is 5.69 Å². The van der Waals surface area contributed by atoms with Crippen molar-refractivity contribution in [2.45, 2.75) is 19.8 Å². The average Bonchev–Trinajstić information content (AvgIpc) is 2.72. The van der Waals surface area contributed by atoms with E-state index in [1.807, 2.05) is 0 Å².